The number of methoxy groups -OCH3 is 1. The lowest BCUT2D eigenvalue weighted by Crippen LogP contribution is -2.48. The summed E-state index contributed by atoms with van der Waals surface area (Å²) in [6, 6.07) is 0. The number of anilines is 1. The molecular weight excluding hydrogens is 352 g/mol. The summed E-state index contributed by atoms with van der Waals surface area (Å²) in [5.74, 6) is 0.381. The number of nitrogens with one attached hydrogen (secondary N) is 1. The van der Waals surface area contributed by atoms with Crippen molar-refractivity contribution in [2.24, 2.45) is 5.92 Å². The molecule has 144 valence electrons. The minimum atomic E-state index is 0.0340. The summed E-state index contributed by atoms with van der Waals surface area (Å²) in [6.45, 7) is 6.21. The van der Waals surface area contributed by atoms with E-state index in [0.717, 1.165) is 56.3 Å². The molecule has 26 heavy (non-hydrogen) atoms. The van der Waals surface area contributed by atoms with Gasteiger partial charge in [-0.2, -0.15) is 0 Å². The lowest BCUT2D eigenvalue weighted by atomic mass is 9.90. The van der Waals surface area contributed by atoms with E-state index in [1.54, 1.807) is 18.4 Å². The zero-order valence-electron chi connectivity index (χ0n) is 15.6. The fourth-order valence-electron chi connectivity index (χ4n) is 3.51. The van der Waals surface area contributed by atoms with E-state index in [2.05, 4.69) is 10.2 Å². The monoisotopic (exact) mass is 380 g/mol. The third-order valence-corrected chi connectivity index (χ3v) is 6.29. The molecule has 0 aromatic carbocycles. The molecular formula is C18H28N4O3S. The Hall–Kier alpha value is -1.67. The van der Waals surface area contributed by atoms with Crippen LogP contribution in [-0.4, -0.2) is 68.1 Å². The third kappa shape index (κ3) is 4.35. The Morgan fingerprint density at radius 2 is 2.08 bits per heavy atom. The maximum atomic E-state index is 12.3. The van der Waals surface area contributed by atoms with Crippen molar-refractivity contribution in [3.63, 3.8) is 0 Å². The number of aromatic nitrogens is 1. The van der Waals surface area contributed by atoms with Crippen molar-refractivity contribution in [3.8, 4) is 0 Å². The number of hydrogen-bond donors (Lipinski definition) is 1. The van der Waals surface area contributed by atoms with Crippen LogP contribution in [0.5, 0.6) is 0 Å². The Bertz CT molecular complexity index is 640. The number of rotatable bonds is 6. The van der Waals surface area contributed by atoms with Gasteiger partial charge in [-0.25, -0.2) is 4.98 Å². The third-order valence-electron chi connectivity index (χ3n) is 5.11. The molecule has 1 fully saturated rings. The van der Waals surface area contributed by atoms with Gasteiger partial charge in [0, 0.05) is 57.0 Å². The second kappa shape index (κ2) is 8.81. The number of carbonyl (C=O) groups is 2. The van der Waals surface area contributed by atoms with Crippen LogP contribution in [0.1, 0.15) is 30.3 Å². The Kier molecular flexibility index (Phi) is 6.48. The average molecular weight is 381 g/mol. The predicted molar refractivity (Wildman–Crippen MR) is 102 cm³/mol. The number of piperazine rings is 1. The van der Waals surface area contributed by atoms with Crippen LogP contribution in [0.4, 0.5) is 5.13 Å². The van der Waals surface area contributed by atoms with Gasteiger partial charge in [-0.15, -0.1) is 11.3 Å². The highest BCUT2D eigenvalue weighted by atomic mass is 32.1. The number of amides is 2. The van der Waals surface area contributed by atoms with Gasteiger partial charge < -0.3 is 19.9 Å². The molecule has 2 aliphatic rings. The Morgan fingerprint density at radius 1 is 1.31 bits per heavy atom. The van der Waals surface area contributed by atoms with E-state index in [0.29, 0.717) is 19.6 Å². The van der Waals surface area contributed by atoms with Crippen molar-refractivity contribution >= 4 is 28.3 Å². The highest BCUT2D eigenvalue weighted by Gasteiger charge is 2.29. The van der Waals surface area contributed by atoms with Crippen LogP contribution in [-0.2, 0) is 27.2 Å². The Balaban J connectivity index is 1.56. The van der Waals surface area contributed by atoms with Crippen LogP contribution < -0.4 is 10.2 Å². The lowest BCUT2D eigenvalue weighted by Gasteiger charge is -2.34. The summed E-state index contributed by atoms with van der Waals surface area (Å²) in [6.07, 6.45) is 3.07. The highest BCUT2D eigenvalue weighted by Crippen LogP contribution is 2.34. The molecule has 2 amide bonds. The second-order valence-corrected chi connectivity index (χ2v) is 7.87. The Labute approximate surface area is 158 Å². The normalized spacial score (nSPS) is 20.0. The quantitative estimate of drug-likeness (QED) is 0.747. The number of carbonyl (C=O) groups excluding carboxylic acids is 2. The fourth-order valence-corrected chi connectivity index (χ4v) is 4.75. The molecule has 0 saturated carbocycles. The van der Waals surface area contributed by atoms with Gasteiger partial charge in [0.1, 0.15) is 0 Å². The summed E-state index contributed by atoms with van der Waals surface area (Å²) in [5, 5.41) is 3.99. The van der Waals surface area contributed by atoms with E-state index in [-0.39, 0.29) is 17.7 Å². The first-order valence-electron chi connectivity index (χ1n) is 9.40. The van der Waals surface area contributed by atoms with Crippen LogP contribution in [0, 0.1) is 5.92 Å². The number of aryl methyl sites for hydroxylation is 1. The molecule has 1 aliphatic carbocycles. The molecule has 0 bridgehead atoms. The molecule has 0 spiro atoms. The van der Waals surface area contributed by atoms with E-state index in [4.69, 9.17) is 9.72 Å². The topological polar surface area (TPSA) is 74.8 Å². The van der Waals surface area contributed by atoms with Crippen LogP contribution >= 0.6 is 11.3 Å². The van der Waals surface area contributed by atoms with Gasteiger partial charge in [0.2, 0.25) is 11.8 Å². The van der Waals surface area contributed by atoms with Crippen LogP contribution in [0.25, 0.3) is 0 Å². The zero-order valence-corrected chi connectivity index (χ0v) is 16.4. The first-order chi connectivity index (χ1) is 12.6. The van der Waals surface area contributed by atoms with Gasteiger partial charge in [0.05, 0.1) is 12.3 Å². The van der Waals surface area contributed by atoms with E-state index in [9.17, 15) is 9.59 Å². The summed E-state index contributed by atoms with van der Waals surface area (Å²) in [5.41, 5.74) is 1.15. The van der Waals surface area contributed by atoms with Gasteiger partial charge in [-0.3, -0.25) is 9.59 Å². The number of thiazole rings is 1. The molecule has 1 N–H and O–H groups in total. The minimum absolute atomic E-state index is 0.0340. The molecule has 1 aliphatic heterocycles. The Morgan fingerprint density at radius 3 is 2.77 bits per heavy atom. The van der Waals surface area contributed by atoms with E-state index < -0.39 is 0 Å². The average Bonchev–Trinajstić information content (AvgIpc) is 3.11. The SMILES string of the molecule is CCC(=O)N1CCN(c2nc3c(s2)C[C@H](C(=O)NCCOC)CC3)CC1. The van der Waals surface area contributed by atoms with Gasteiger partial charge in [-0.1, -0.05) is 6.92 Å². The number of fused-ring (bicyclic) bond motifs is 1. The molecule has 1 saturated heterocycles. The number of hydrogen-bond acceptors (Lipinski definition) is 6. The molecule has 0 radical (unpaired) electrons. The van der Waals surface area contributed by atoms with Gasteiger partial charge in [0.15, 0.2) is 5.13 Å². The van der Waals surface area contributed by atoms with Crippen molar-refractivity contribution in [2.45, 2.75) is 32.6 Å². The largest absolute Gasteiger partial charge is 0.383 e. The van der Waals surface area contributed by atoms with Crippen molar-refractivity contribution in [3.05, 3.63) is 10.6 Å². The molecule has 1 aromatic rings. The summed E-state index contributed by atoms with van der Waals surface area (Å²) in [4.78, 5) is 34.4. The smallest absolute Gasteiger partial charge is 0.223 e. The zero-order chi connectivity index (χ0) is 18.5. The van der Waals surface area contributed by atoms with Gasteiger partial charge >= 0.3 is 0 Å². The summed E-state index contributed by atoms with van der Waals surface area (Å²) < 4.78 is 4.98. The van der Waals surface area contributed by atoms with Crippen molar-refractivity contribution in [2.75, 3.05) is 51.3 Å². The molecule has 8 heteroatoms. The van der Waals surface area contributed by atoms with Crippen molar-refractivity contribution in [1.82, 2.24) is 15.2 Å². The first kappa shape index (κ1) is 19.1. The van der Waals surface area contributed by atoms with Crippen LogP contribution in [0.2, 0.25) is 0 Å². The van der Waals surface area contributed by atoms with Gasteiger partial charge in [-0.05, 0) is 19.3 Å². The second-order valence-electron chi connectivity index (χ2n) is 6.81. The molecule has 2 heterocycles. The van der Waals surface area contributed by atoms with Gasteiger partial charge in [0.25, 0.3) is 0 Å². The molecule has 1 atom stereocenters. The molecule has 0 unspecified atom stereocenters. The lowest BCUT2D eigenvalue weighted by molar-refractivity contribution is -0.131. The molecule has 7 nitrogen and oxygen atoms in total. The number of ether oxygens (including phenoxy) is 1. The van der Waals surface area contributed by atoms with E-state index >= 15 is 0 Å². The van der Waals surface area contributed by atoms with Crippen molar-refractivity contribution < 1.29 is 14.3 Å². The standard InChI is InChI=1S/C18H28N4O3S/c1-3-16(23)21-7-9-22(10-8-21)18-20-14-5-4-13(12-15(14)26-18)17(24)19-6-11-25-2/h13H,3-12H2,1-2H3,(H,19,24)/t13-/m1/s1. The van der Waals surface area contributed by atoms with E-state index in [1.807, 2.05) is 11.8 Å². The highest BCUT2D eigenvalue weighted by molar-refractivity contribution is 7.15. The van der Waals surface area contributed by atoms with Crippen molar-refractivity contribution in [1.29, 1.82) is 0 Å². The summed E-state index contributed by atoms with van der Waals surface area (Å²) in [7, 11) is 1.63. The first-order valence-corrected chi connectivity index (χ1v) is 10.2. The van der Waals surface area contributed by atoms with Crippen LogP contribution in [0.3, 0.4) is 0 Å². The molecule has 3 rings (SSSR count). The summed E-state index contributed by atoms with van der Waals surface area (Å²) >= 11 is 1.71. The number of nitrogens with zero attached hydrogens (tertiary/aromatic N) is 3. The maximum absolute atomic E-state index is 12.3. The predicted octanol–water partition coefficient (Wildman–Crippen LogP) is 1.07. The molecule has 1 aromatic heterocycles. The van der Waals surface area contributed by atoms with Crippen LogP contribution in [0.15, 0.2) is 0 Å². The minimum Gasteiger partial charge on any atom is -0.383 e. The van der Waals surface area contributed by atoms with E-state index in [1.165, 1.54) is 4.88 Å². The fraction of sp³-hybridized carbons (Fsp3) is 0.722. The maximum Gasteiger partial charge on any atom is 0.223 e.